The van der Waals surface area contributed by atoms with Gasteiger partial charge in [-0.3, -0.25) is 14.5 Å². The zero-order chi connectivity index (χ0) is 29.2. The molecular formula is C35H57NO5. The van der Waals surface area contributed by atoms with Crippen LogP contribution in [0.4, 0.5) is 0 Å². The van der Waals surface area contributed by atoms with Crippen molar-refractivity contribution in [2.24, 2.45) is 63.1 Å². The van der Waals surface area contributed by atoms with Crippen LogP contribution in [0.5, 0.6) is 0 Å². The molecule has 6 heteroatoms. The van der Waals surface area contributed by atoms with E-state index >= 15 is 0 Å². The quantitative estimate of drug-likeness (QED) is 0.359. The van der Waals surface area contributed by atoms with E-state index in [2.05, 4.69) is 39.5 Å². The maximum absolute atomic E-state index is 13.1. The van der Waals surface area contributed by atoms with Crippen LogP contribution < -0.4 is 0 Å². The van der Waals surface area contributed by atoms with Gasteiger partial charge in [-0.15, -0.1) is 0 Å². The number of hydrogen-bond donors (Lipinski definition) is 1. The van der Waals surface area contributed by atoms with Gasteiger partial charge in [-0.1, -0.05) is 47.5 Å². The Morgan fingerprint density at radius 1 is 0.927 bits per heavy atom. The number of carboxylic acids is 1. The van der Waals surface area contributed by atoms with Crippen molar-refractivity contribution in [3.63, 3.8) is 0 Å². The first-order chi connectivity index (χ1) is 19.5. The van der Waals surface area contributed by atoms with Gasteiger partial charge in [-0.2, -0.15) is 0 Å². The fraction of sp³-hybridized carbons (Fsp3) is 0.943. The molecule has 1 saturated heterocycles. The normalized spacial score (nSPS) is 48.7. The third kappa shape index (κ3) is 4.54. The van der Waals surface area contributed by atoms with Crippen LogP contribution in [0.15, 0.2) is 0 Å². The smallest absolute Gasteiger partial charge is 0.320 e. The highest BCUT2D eigenvalue weighted by atomic mass is 16.5. The van der Waals surface area contributed by atoms with Gasteiger partial charge in [-0.05, 0) is 115 Å². The summed E-state index contributed by atoms with van der Waals surface area (Å²) < 4.78 is 11.3. The fourth-order valence-corrected chi connectivity index (χ4v) is 12.7. The molecule has 1 heterocycles. The Bertz CT molecular complexity index is 1010. The summed E-state index contributed by atoms with van der Waals surface area (Å²) in [6.45, 7) is 16.2. The third-order valence-electron chi connectivity index (χ3n) is 15.0. The van der Waals surface area contributed by atoms with E-state index in [0.29, 0.717) is 43.6 Å². The predicted octanol–water partition coefficient (Wildman–Crippen LogP) is 6.66. The first kappa shape index (κ1) is 29.9. The molecule has 0 aromatic carbocycles. The standard InChI is InChI=1S/C35H57NO5/c1-23-7-6-12-32(3)26(23)11-13-34(5)28(32)9-8-27-30-25(10-14-35(30,31(38)39)16-15-33(27,34)4)24(2)22-41-29(37)21-36-17-19-40-20-18-36/h23-28,30H,6-22H2,1-5H3,(H,38,39)/t23?,24?,25?,26?,27?,28?,30?,32?,33-,34?,35?/m1/s1. The highest BCUT2D eigenvalue weighted by Crippen LogP contribution is 2.76. The highest BCUT2D eigenvalue weighted by molar-refractivity contribution is 5.76. The number of morpholine rings is 1. The van der Waals surface area contributed by atoms with E-state index in [4.69, 9.17) is 9.47 Å². The second-order valence-electron chi connectivity index (χ2n) is 16.3. The summed E-state index contributed by atoms with van der Waals surface area (Å²) in [5.41, 5.74) is 0.259. The summed E-state index contributed by atoms with van der Waals surface area (Å²) in [5, 5.41) is 10.8. The summed E-state index contributed by atoms with van der Waals surface area (Å²) >= 11 is 0. The number of fused-ring (bicyclic) bond motifs is 7. The van der Waals surface area contributed by atoms with E-state index in [9.17, 15) is 14.7 Å². The van der Waals surface area contributed by atoms with E-state index in [1.165, 1.54) is 44.9 Å². The highest BCUT2D eigenvalue weighted by Gasteiger charge is 2.71. The molecule has 0 spiro atoms. The SMILES string of the molecule is CC(COC(=O)CN1CCOCC1)C1CCC2(C(=O)O)CC[C@]3(C)C(CCC4C5(C)CCCC(C)C5CCC43C)C12. The largest absolute Gasteiger partial charge is 0.481 e. The Kier molecular flexibility index (Phi) is 7.87. The average Bonchev–Trinajstić information content (AvgIpc) is 3.34. The minimum absolute atomic E-state index is 0.158. The zero-order valence-corrected chi connectivity index (χ0v) is 26.6. The fourth-order valence-electron chi connectivity index (χ4n) is 12.7. The van der Waals surface area contributed by atoms with Crippen LogP contribution in [0.25, 0.3) is 0 Å². The molecule has 1 aliphatic heterocycles. The Morgan fingerprint density at radius 2 is 1.68 bits per heavy atom. The first-order valence-electron chi connectivity index (χ1n) is 17.2. The molecule has 0 amide bonds. The molecule has 6 fully saturated rings. The van der Waals surface area contributed by atoms with Gasteiger partial charge in [0.1, 0.15) is 0 Å². The van der Waals surface area contributed by atoms with E-state index in [1.807, 2.05) is 0 Å². The minimum atomic E-state index is -0.607. The van der Waals surface area contributed by atoms with Crippen molar-refractivity contribution >= 4 is 11.9 Å². The zero-order valence-electron chi connectivity index (χ0n) is 26.6. The van der Waals surface area contributed by atoms with Crippen LogP contribution in [0.3, 0.4) is 0 Å². The predicted molar refractivity (Wildman–Crippen MR) is 159 cm³/mol. The maximum atomic E-state index is 13.1. The lowest BCUT2D eigenvalue weighted by Gasteiger charge is -2.71. The second kappa shape index (κ2) is 10.8. The lowest BCUT2D eigenvalue weighted by Crippen LogP contribution is -2.65. The lowest BCUT2D eigenvalue weighted by atomic mass is 9.33. The van der Waals surface area contributed by atoms with Gasteiger partial charge in [0.15, 0.2) is 0 Å². The molecular weight excluding hydrogens is 514 g/mol. The molecule has 5 aliphatic carbocycles. The maximum Gasteiger partial charge on any atom is 0.320 e. The number of rotatable bonds is 6. The van der Waals surface area contributed by atoms with Crippen LogP contribution >= 0.6 is 0 Å². The van der Waals surface area contributed by atoms with Crippen LogP contribution in [-0.4, -0.2) is 61.4 Å². The average molecular weight is 572 g/mol. The Morgan fingerprint density at radius 3 is 2.41 bits per heavy atom. The van der Waals surface area contributed by atoms with Crippen molar-refractivity contribution in [2.45, 2.75) is 105 Å². The molecule has 11 atom stereocenters. The molecule has 10 unspecified atom stereocenters. The van der Waals surface area contributed by atoms with Crippen molar-refractivity contribution in [1.82, 2.24) is 4.90 Å². The van der Waals surface area contributed by atoms with E-state index in [1.54, 1.807) is 0 Å². The topological polar surface area (TPSA) is 76.1 Å². The molecule has 41 heavy (non-hydrogen) atoms. The van der Waals surface area contributed by atoms with E-state index in [-0.39, 0.29) is 28.6 Å². The molecule has 232 valence electrons. The van der Waals surface area contributed by atoms with Crippen molar-refractivity contribution < 1.29 is 24.2 Å². The number of esters is 1. The van der Waals surface area contributed by atoms with Crippen LogP contribution in [-0.2, 0) is 19.1 Å². The van der Waals surface area contributed by atoms with Gasteiger partial charge in [0.2, 0.25) is 0 Å². The summed E-state index contributed by atoms with van der Waals surface area (Å²) in [7, 11) is 0. The molecule has 0 aromatic heterocycles. The molecule has 0 radical (unpaired) electrons. The van der Waals surface area contributed by atoms with E-state index < -0.39 is 11.4 Å². The Labute approximate surface area is 248 Å². The number of carbonyl (C=O) groups excluding carboxylic acids is 1. The van der Waals surface area contributed by atoms with Gasteiger partial charge < -0.3 is 14.6 Å². The van der Waals surface area contributed by atoms with Crippen LogP contribution in [0, 0.1) is 63.1 Å². The lowest BCUT2D eigenvalue weighted by molar-refractivity contribution is -0.233. The van der Waals surface area contributed by atoms with Crippen LogP contribution in [0.1, 0.15) is 105 Å². The monoisotopic (exact) mass is 571 g/mol. The Hall–Kier alpha value is -1.14. The van der Waals surface area contributed by atoms with Crippen molar-refractivity contribution in [3.8, 4) is 0 Å². The first-order valence-corrected chi connectivity index (χ1v) is 17.2. The summed E-state index contributed by atoms with van der Waals surface area (Å²) in [5.74, 6) is 2.80. The van der Waals surface area contributed by atoms with Gasteiger partial charge >= 0.3 is 11.9 Å². The van der Waals surface area contributed by atoms with E-state index in [0.717, 1.165) is 56.5 Å². The van der Waals surface area contributed by atoms with Crippen molar-refractivity contribution in [3.05, 3.63) is 0 Å². The van der Waals surface area contributed by atoms with Crippen molar-refractivity contribution in [1.29, 1.82) is 0 Å². The molecule has 6 nitrogen and oxygen atoms in total. The number of carboxylic acid groups (broad SMARTS) is 1. The minimum Gasteiger partial charge on any atom is -0.481 e. The number of aliphatic carboxylic acids is 1. The Balaban J connectivity index is 1.23. The number of ether oxygens (including phenoxy) is 2. The van der Waals surface area contributed by atoms with Gasteiger partial charge in [0, 0.05) is 13.1 Å². The summed E-state index contributed by atoms with van der Waals surface area (Å²) in [6, 6.07) is 0. The van der Waals surface area contributed by atoms with Gasteiger partial charge in [-0.25, -0.2) is 0 Å². The number of hydrogen-bond acceptors (Lipinski definition) is 5. The number of nitrogens with zero attached hydrogens (tertiary/aromatic N) is 1. The third-order valence-corrected chi connectivity index (χ3v) is 15.0. The van der Waals surface area contributed by atoms with Gasteiger partial charge in [0.25, 0.3) is 0 Å². The summed E-state index contributed by atoms with van der Waals surface area (Å²) in [4.78, 5) is 28.0. The molecule has 0 bridgehead atoms. The number of carbonyl (C=O) groups is 2. The van der Waals surface area contributed by atoms with Gasteiger partial charge in [0.05, 0.1) is 31.8 Å². The van der Waals surface area contributed by atoms with Crippen LogP contribution in [0.2, 0.25) is 0 Å². The van der Waals surface area contributed by atoms with Crippen molar-refractivity contribution in [2.75, 3.05) is 39.5 Å². The molecule has 6 aliphatic rings. The summed E-state index contributed by atoms with van der Waals surface area (Å²) in [6.07, 6.45) is 12.8. The molecule has 6 rings (SSSR count). The molecule has 0 aromatic rings. The second-order valence-corrected chi connectivity index (χ2v) is 16.3. The molecule has 5 saturated carbocycles. The molecule has 1 N–H and O–H groups in total.